The lowest BCUT2D eigenvalue weighted by atomic mass is 10.1. The van der Waals surface area contributed by atoms with Gasteiger partial charge in [-0.25, -0.2) is 8.99 Å². The van der Waals surface area contributed by atoms with Crippen molar-refractivity contribution in [3.63, 3.8) is 0 Å². The first-order valence-electron chi connectivity index (χ1n) is 8.14. The third-order valence-corrected chi connectivity index (χ3v) is 6.15. The van der Waals surface area contributed by atoms with Crippen molar-refractivity contribution in [1.82, 2.24) is 4.90 Å². The number of unbranched alkanes of at least 4 members (excludes halogenated alkanes) is 1. The normalized spacial score (nSPS) is 15.6. The van der Waals surface area contributed by atoms with Crippen molar-refractivity contribution in [3.05, 3.63) is 64.6 Å². The van der Waals surface area contributed by atoms with Gasteiger partial charge in [-0.2, -0.15) is 0 Å². The smallest absolute Gasteiger partial charge is 0.261 e. The Labute approximate surface area is 151 Å². The van der Waals surface area contributed by atoms with Crippen LogP contribution < -0.4 is 5.18 Å². The Hall–Kier alpha value is -2.87. The average Bonchev–Trinajstić information content (AvgIpc) is 2.90. The Morgan fingerprint density at radius 1 is 0.962 bits per heavy atom. The van der Waals surface area contributed by atoms with E-state index in [0.29, 0.717) is 28.9 Å². The lowest BCUT2D eigenvalue weighted by Gasteiger charge is -2.14. The second kappa shape index (κ2) is 7.17. The van der Waals surface area contributed by atoms with Gasteiger partial charge in [-0.15, -0.1) is 0 Å². The number of carbonyl (C=O) groups excluding carboxylic acids is 2. The lowest BCUT2D eigenvalue weighted by molar-refractivity contribution is -0.379. The molecule has 0 aromatic heterocycles. The molecule has 2 amide bonds. The second-order valence-corrected chi connectivity index (χ2v) is 8.25. The van der Waals surface area contributed by atoms with Crippen molar-refractivity contribution in [3.8, 4) is 0 Å². The first kappa shape index (κ1) is 17.9. The Morgan fingerprint density at radius 2 is 1.62 bits per heavy atom. The number of carbonyl (C=O) groups is 2. The van der Waals surface area contributed by atoms with Crippen LogP contribution in [0, 0.1) is 9.69 Å². The molecule has 1 atom stereocenters. The molecule has 2 N–H and O–H groups in total. The fourth-order valence-corrected chi connectivity index (χ4v) is 4.36. The number of hydrogen-bond donors (Lipinski definition) is 2. The molecule has 0 radical (unpaired) electrons. The fourth-order valence-electron chi connectivity index (χ4n) is 2.90. The van der Waals surface area contributed by atoms with E-state index in [0.717, 1.165) is 0 Å². The highest BCUT2D eigenvalue weighted by Gasteiger charge is 2.34. The van der Waals surface area contributed by atoms with Crippen LogP contribution in [-0.2, 0) is 9.73 Å². The highest BCUT2D eigenvalue weighted by Crippen LogP contribution is 2.23. The highest BCUT2D eigenvalue weighted by atomic mass is 32.2. The van der Waals surface area contributed by atoms with Crippen LogP contribution in [0.4, 0.5) is 5.69 Å². The third kappa shape index (κ3) is 3.41. The van der Waals surface area contributed by atoms with Crippen LogP contribution in [0.5, 0.6) is 0 Å². The number of hydrogen-bond acceptors (Lipinski definition) is 5. The summed E-state index contributed by atoms with van der Waals surface area (Å²) in [4.78, 5) is 36.7. The Kier molecular flexibility index (Phi) is 4.94. The fraction of sp³-hybridized carbons (Fsp3) is 0.222. The molecule has 2 aromatic carbocycles. The number of fused-ring (bicyclic) bond motifs is 1. The lowest BCUT2D eigenvalue weighted by Crippen LogP contribution is -2.55. The molecule has 0 saturated heterocycles. The molecule has 7 nitrogen and oxygen atoms in total. The van der Waals surface area contributed by atoms with Gasteiger partial charge < -0.3 is 0 Å². The molecule has 0 aliphatic carbocycles. The predicted octanol–water partition coefficient (Wildman–Crippen LogP) is 1.65. The summed E-state index contributed by atoms with van der Waals surface area (Å²) in [7, 11) is -3.04. The van der Waals surface area contributed by atoms with Gasteiger partial charge in [-0.3, -0.25) is 14.5 Å². The Morgan fingerprint density at radius 3 is 2.23 bits per heavy atom. The number of nitroso groups, excluding NO2 is 1. The minimum atomic E-state index is -3.04. The van der Waals surface area contributed by atoms with Gasteiger partial charge in [-0.1, -0.05) is 18.2 Å². The zero-order chi connectivity index (χ0) is 18.7. The maximum absolute atomic E-state index is 12.5. The molecular weight excluding hydrogens is 354 g/mol. The summed E-state index contributed by atoms with van der Waals surface area (Å²) >= 11 is 0. The van der Waals surface area contributed by atoms with Crippen LogP contribution in [0.25, 0.3) is 0 Å². The summed E-state index contributed by atoms with van der Waals surface area (Å²) < 4.78 is 20.6. The molecule has 1 heterocycles. The molecular formula is C18H18N3O4S+. The number of nitrogens with one attached hydrogen (secondary N) is 2. The van der Waals surface area contributed by atoms with E-state index in [2.05, 4.69) is 0 Å². The summed E-state index contributed by atoms with van der Waals surface area (Å²) in [6.07, 6.45) is 0.881. The van der Waals surface area contributed by atoms with Gasteiger partial charge in [0.15, 0.2) is 0 Å². The molecule has 8 heteroatoms. The third-order valence-electron chi connectivity index (χ3n) is 4.27. The van der Waals surface area contributed by atoms with E-state index in [-0.39, 0.29) is 29.8 Å². The molecule has 1 aliphatic heterocycles. The summed E-state index contributed by atoms with van der Waals surface area (Å²) in [6.45, 7) is 0.226. The molecule has 3 rings (SSSR count). The van der Waals surface area contributed by atoms with E-state index >= 15 is 0 Å². The number of nitrogens with zero attached hydrogens (tertiary/aromatic N) is 1. The SMILES string of the molecule is N=S(=O)(CCCCN1C(=O)c2ccccc2C1=O)c1cccc([NH+]=O)c1. The molecule has 0 spiro atoms. The van der Waals surface area contributed by atoms with E-state index < -0.39 is 9.73 Å². The molecule has 2 aromatic rings. The number of amides is 2. The highest BCUT2D eigenvalue weighted by molar-refractivity contribution is 7.92. The number of imide groups is 1. The monoisotopic (exact) mass is 372 g/mol. The molecule has 0 bridgehead atoms. The van der Waals surface area contributed by atoms with Crippen molar-refractivity contribution in [2.24, 2.45) is 0 Å². The number of benzene rings is 2. The van der Waals surface area contributed by atoms with Gasteiger partial charge in [0.2, 0.25) is 0 Å². The van der Waals surface area contributed by atoms with Crippen molar-refractivity contribution in [1.29, 1.82) is 4.78 Å². The Bertz CT molecular complexity index is 950. The molecule has 26 heavy (non-hydrogen) atoms. The summed E-state index contributed by atoms with van der Waals surface area (Å²) in [5.41, 5.74) is 1.07. The van der Waals surface area contributed by atoms with Crippen molar-refractivity contribution in [2.75, 3.05) is 12.3 Å². The van der Waals surface area contributed by atoms with Crippen LogP contribution in [0.1, 0.15) is 33.6 Å². The quantitative estimate of drug-likeness (QED) is 0.569. The minimum Gasteiger partial charge on any atom is -0.274 e. The molecule has 1 aliphatic rings. The van der Waals surface area contributed by atoms with Crippen LogP contribution in [0.15, 0.2) is 53.4 Å². The van der Waals surface area contributed by atoms with Crippen LogP contribution >= 0.6 is 0 Å². The van der Waals surface area contributed by atoms with Gasteiger partial charge in [-0.05, 0) is 31.0 Å². The van der Waals surface area contributed by atoms with Gasteiger partial charge in [0, 0.05) is 34.5 Å². The van der Waals surface area contributed by atoms with E-state index in [1.165, 1.54) is 17.0 Å². The molecule has 0 fully saturated rings. The largest absolute Gasteiger partial charge is 0.274 e. The Balaban J connectivity index is 1.58. The summed E-state index contributed by atoms with van der Waals surface area (Å²) in [6, 6.07) is 12.8. The van der Waals surface area contributed by atoms with Gasteiger partial charge in [0.05, 0.1) is 25.8 Å². The standard InChI is InChI=1S/C18H17N3O4S/c19-26(25,14-7-5-6-13(12-14)20-24)11-4-3-10-21-17(22)15-8-1-2-9-16(15)18(21)23/h1-2,5-9,12,19H,3-4,10-11H2/p+1. The molecule has 0 saturated carbocycles. The molecule has 1 unspecified atom stereocenters. The van der Waals surface area contributed by atoms with Crippen molar-refractivity contribution in [2.45, 2.75) is 17.7 Å². The predicted molar refractivity (Wildman–Crippen MR) is 95.5 cm³/mol. The van der Waals surface area contributed by atoms with Crippen LogP contribution in [0.3, 0.4) is 0 Å². The topological polar surface area (TPSA) is 109 Å². The maximum Gasteiger partial charge on any atom is 0.261 e. The van der Waals surface area contributed by atoms with Crippen LogP contribution in [-0.4, -0.2) is 33.2 Å². The van der Waals surface area contributed by atoms with Crippen molar-refractivity contribution < 1.29 is 19.0 Å². The summed E-state index contributed by atoms with van der Waals surface area (Å²) in [5.74, 6) is -0.531. The van der Waals surface area contributed by atoms with Gasteiger partial charge in [0.25, 0.3) is 17.5 Å². The van der Waals surface area contributed by atoms with E-state index in [1.807, 2.05) is 0 Å². The maximum atomic E-state index is 12.5. The van der Waals surface area contributed by atoms with Crippen molar-refractivity contribution >= 4 is 27.2 Å². The van der Waals surface area contributed by atoms with Crippen LogP contribution in [0.2, 0.25) is 0 Å². The number of rotatable bonds is 7. The zero-order valence-electron chi connectivity index (χ0n) is 13.9. The van der Waals surface area contributed by atoms with E-state index in [9.17, 15) is 18.7 Å². The van der Waals surface area contributed by atoms with Gasteiger partial charge >= 0.3 is 0 Å². The van der Waals surface area contributed by atoms with E-state index in [1.54, 1.807) is 41.6 Å². The zero-order valence-corrected chi connectivity index (χ0v) is 14.8. The summed E-state index contributed by atoms with van der Waals surface area (Å²) in [5, 5.41) is 1.72. The average molecular weight is 372 g/mol. The first-order valence-corrected chi connectivity index (χ1v) is 9.87. The van der Waals surface area contributed by atoms with Gasteiger partial charge in [0.1, 0.15) is 0 Å². The second-order valence-electron chi connectivity index (χ2n) is 6.02. The van der Waals surface area contributed by atoms with E-state index in [4.69, 9.17) is 4.78 Å². The first-order chi connectivity index (χ1) is 12.4. The minimum absolute atomic E-state index is 0.0957. The molecule has 134 valence electrons.